The number of nitrogens with zero attached hydrogens (tertiary/aromatic N) is 1. The normalized spacial score (nSPS) is 10.8. The van der Waals surface area contributed by atoms with Gasteiger partial charge in [0.25, 0.3) is 10.0 Å². The van der Waals surface area contributed by atoms with Gasteiger partial charge < -0.3 is 29.0 Å². The Labute approximate surface area is 227 Å². The fraction of sp³-hybridized carbons (Fsp3) is 0.259. The van der Waals surface area contributed by atoms with Gasteiger partial charge in [0, 0.05) is 17.8 Å². The Hall–Kier alpha value is -4.45. The van der Waals surface area contributed by atoms with Crippen LogP contribution in [0, 0.1) is 0 Å². The lowest BCUT2D eigenvalue weighted by molar-refractivity contribution is -0.114. The third-order valence-corrected chi connectivity index (χ3v) is 7.32. The number of carbonyl (C=O) groups excluding carboxylic acids is 2. The van der Waals surface area contributed by atoms with Crippen molar-refractivity contribution in [1.82, 2.24) is 0 Å². The number of anilines is 2. The van der Waals surface area contributed by atoms with Crippen LogP contribution in [0.15, 0.2) is 65.6 Å². The third kappa shape index (κ3) is 6.71. The molecular formula is C27H30N2O9S. The first-order valence-electron chi connectivity index (χ1n) is 11.7. The zero-order valence-electron chi connectivity index (χ0n) is 22.2. The van der Waals surface area contributed by atoms with E-state index in [2.05, 4.69) is 5.32 Å². The van der Waals surface area contributed by atoms with E-state index in [1.165, 1.54) is 83.0 Å². The van der Waals surface area contributed by atoms with E-state index in [4.69, 9.17) is 23.7 Å². The second kappa shape index (κ2) is 12.9. The number of hydrogen-bond donors (Lipinski definition) is 1. The van der Waals surface area contributed by atoms with Gasteiger partial charge in [-0.05, 0) is 55.5 Å². The largest absolute Gasteiger partial charge is 0.497 e. The number of benzene rings is 3. The lowest BCUT2D eigenvalue weighted by Gasteiger charge is -2.26. The van der Waals surface area contributed by atoms with Gasteiger partial charge in [-0.2, -0.15) is 0 Å². The van der Waals surface area contributed by atoms with Crippen LogP contribution in [0.25, 0.3) is 0 Å². The molecule has 0 heterocycles. The number of sulfonamides is 1. The summed E-state index contributed by atoms with van der Waals surface area (Å²) in [6.07, 6.45) is 0. The van der Waals surface area contributed by atoms with Crippen molar-refractivity contribution in [2.75, 3.05) is 51.2 Å². The molecule has 0 aliphatic heterocycles. The predicted octanol–water partition coefficient (Wildman–Crippen LogP) is 3.73. The van der Waals surface area contributed by atoms with Gasteiger partial charge in [0.05, 0.1) is 51.2 Å². The summed E-state index contributed by atoms with van der Waals surface area (Å²) < 4.78 is 55.0. The van der Waals surface area contributed by atoms with Crippen LogP contribution >= 0.6 is 0 Å². The van der Waals surface area contributed by atoms with E-state index in [1.807, 2.05) is 0 Å². The second-order valence-corrected chi connectivity index (χ2v) is 9.77. The van der Waals surface area contributed by atoms with E-state index in [0.717, 1.165) is 4.31 Å². The van der Waals surface area contributed by atoms with Gasteiger partial charge in [0.2, 0.25) is 5.91 Å². The van der Waals surface area contributed by atoms with Gasteiger partial charge in [-0.25, -0.2) is 13.2 Å². The summed E-state index contributed by atoms with van der Waals surface area (Å²) in [4.78, 5) is 24.9. The number of hydrogen-bond acceptors (Lipinski definition) is 9. The number of rotatable bonds is 12. The number of nitrogens with one attached hydrogen (secondary N) is 1. The molecule has 0 saturated carbocycles. The van der Waals surface area contributed by atoms with E-state index >= 15 is 0 Å². The van der Waals surface area contributed by atoms with E-state index in [0.29, 0.717) is 22.7 Å². The highest BCUT2D eigenvalue weighted by Crippen LogP contribution is 2.37. The first-order chi connectivity index (χ1) is 18.7. The average Bonchev–Trinajstić information content (AvgIpc) is 2.95. The van der Waals surface area contributed by atoms with Crippen LogP contribution in [-0.2, 0) is 19.6 Å². The molecule has 3 aromatic rings. The summed E-state index contributed by atoms with van der Waals surface area (Å²) in [5.74, 6) is -0.0477. The summed E-state index contributed by atoms with van der Waals surface area (Å²) in [7, 11) is 1.30. The molecule has 0 spiro atoms. The maximum atomic E-state index is 13.9. The molecule has 0 radical (unpaired) electrons. The number of esters is 1. The lowest BCUT2D eigenvalue weighted by atomic mass is 10.2. The van der Waals surface area contributed by atoms with E-state index < -0.39 is 28.4 Å². The third-order valence-electron chi connectivity index (χ3n) is 5.56. The quantitative estimate of drug-likeness (QED) is 0.331. The summed E-state index contributed by atoms with van der Waals surface area (Å²) in [5.41, 5.74) is 0.752. The monoisotopic (exact) mass is 558 g/mol. The van der Waals surface area contributed by atoms with Crippen molar-refractivity contribution in [2.45, 2.75) is 11.8 Å². The molecule has 0 atom stereocenters. The van der Waals surface area contributed by atoms with E-state index in [-0.39, 0.29) is 28.7 Å². The minimum absolute atomic E-state index is 0.0828. The summed E-state index contributed by atoms with van der Waals surface area (Å²) in [6, 6.07) is 14.7. The first-order valence-corrected chi connectivity index (χ1v) is 13.2. The molecule has 0 saturated heterocycles. The summed E-state index contributed by atoms with van der Waals surface area (Å²) in [5, 5.41) is 2.66. The van der Waals surface area contributed by atoms with Crippen LogP contribution in [0.1, 0.15) is 17.3 Å². The topological polar surface area (TPSA) is 130 Å². The molecule has 0 fully saturated rings. The average molecular weight is 559 g/mol. The standard InChI is InChI=1S/C27H30N2O9S/c1-6-38-27(31)18-7-9-19(10-8-18)28-26(30)17-29(22-15-20(34-2)11-13-23(22)35-3)39(32,33)21-12-14-24(36-4)25(16-21)37-5/h7-16H,6,17H2,1-5H3,(H,28,30). The van der Waals surface area contributed by atoms with Crippen LogP contribution in [0.5, 0.6) is 23.0 Å². The molecule has 11 nitrogen and oxygen atoms in total. The van der Waals surface area contributed by atoms with Crippen LogP contribution in [0.4, 0.5) is 11.4 Å². The first kappa shape index (κ1) is 29.1. The molecule has 0 unspecified atom stereocenters. The Bertz CT molecular complexity index is 1420. The Kier molecular flexibility index (Phi) is 9.61. The van der Waals surface area contributed by atoms with Crippen molar-refractivity contribution in [3.63, 3.8) is 0 Å². The van der Waals surface area contributed by atoms with Gasteiger partial charge in [0.1, 0.15) is 18.0 Å². The SMILES string of the molecule is CCOC(=O)c1ccc(NC(=O)CN(c2cc(OC)ccc2OC)S(=O)(=O)c2ccc(OC)c(OC)c2)cc1. The number of carbonyl (C=O) groups is 2. The predicted molar refractivity (Wildman–Crippen MR) is 145 cm³/mol. The molecule has 0 aliphatic carbocycles. The van der Waals surface area contributed by atoms with Crippen molar-refractivity contribution in [2.24, 2.45) is 0 Å². The van der Waals surface area contributed by atoms with Crippen molar-refractivity contribution >= 4 is 33.3 Å². The van der Waals surface area contributed by atoms with Crippen molar-refractivity contribution in [3.05, 3.63) is 66.2 Å². The molecule has 1 amide bonds. The Morgan fingerprint density at radius 1 is 0.795 bits per heavy atom. The lowest BCUT2D eigenvalue weighted by Crippen LogP contribution is -2.38. The van der Waals surface area contributed by atoms with Gasteiger partial charge in [0.15, 0.2) is 11.5 Å². The van der Waals surface area contributed by atoms with E-state index in [9.17, 15) is 18.0 Å². The zero-order valence-corrected chi connectivity index (χ0v) is 23.0. The molecule has 0 aliphatic rings. The number of amides is 1. The van der Waals surface area contributed by atoms with Gasteiger partial charge in [-0.1, -0.05) is 0 Å². The van der Waals surface area contributed by atoms with Crippen molar-refractivity contribution in [1.29, 1.82) is 0 Å². The second-order valence-electron chi connectivity index (χ2n) is 7.91. The highest BCUT2D eigenvalue weighted by molar-refractivity contribution is 7.92. The Morgan fingerprint density at radius 3 is 2.03 bits per heavy atom. The Morgan fingerprint density at radius 2 is 1.44 bits per heavy atom. The highest BCUT2D eigenvalue weighted by atomic mass is 32.2. The molecule has 0 bridgehead atoms. The molecular weight excluding hydrogens is 528 g/mol. The Balaban J connectivity index is 2.01. The smallest absolute Gasteiger partial charge is 0.338 e. The van der Waals surface area contributed by atoms with Gasteiger partial charge in [-0.3, -0.25) is 9.10 Å². The minimum atomic E-state index is -4.34. The van der Waals surface area contributed by atoms with E-state index in [1.54, 1.807) is 13.0 Å². The maximum Gasteiger partial charge on any atom is 0.338 e. The van der Waals surface area contributed by atoms with Crippen LogP contribution < -0.4 is 28.6 Å². The molecule has 3 rings (SSSR count). The molecule has 3 aromatic carbocycles. The molecule has 0 aromatic heterocycles. The van der Waals surface area contributed by atoms with Crippen LogP contribution in [-0.4, -0.2) is 61.9 Å². The highest BCUT2D eigenvalue weighted by Gasteiger charge is 2.31. The van der Waals surface area contributed by atoms with Crippen molar-refractivity contribution < 1.29 is 41.7 Å². The zero-order chi connectivity index (χ0) is 28.6. The molecule has 12 heteroatoms. The fourth-order valence-corrected chi connectivity index (χ4v) is 5.07. The van der Waals surface area contributed by atoms with Gasteiger partial charge >= 0.3 is 5.97 Å². The van der Waals surface area contributed by atoms with Crippen LogP contribution in [0.2, 0.25) is 0 Å². The molecule has 208 valence electrons. The fourth-order valence-electron chi connectivity index (χ4n) is 3.63. The summed E-state index contributed by atoms with van der Waals surface area (Å²) in [6.45, 7) is 1.32. The number of ether oxygens (including phenoxy) is 5. The molecule has 39 heavy (non-hydrogen) atoms. The maximum absolute atomic E-state index is 13.9. The number of methoxy groups -OCH3 is 4. The summed E-state index contributed by atoms with van der Waals surface area (Å²) >= 11 is 0. The minimum Gasteiger partial charge on any atom is -0.497 e. The van der Waals surface area contributed by atoms with Crippen molar-refractivity contribution in [3.8, 4) is 23.0 Å². The van der Waals surface area contributed by atoms with Gasteiger partial charge in [-0.15, -0.1) is 0 Å². The molecule has 1 N–H and O–H groups in total. The van der Waals surface area contributed by atoms with Crippen LogP contribution in [0.3, 0.4) is 0 Å².